The Bertz CT molecular complexity index is 752. The third-order valence-corrected chi connectivity index (χ3v) is 2.87. The lowest BCUT2D eigenvalue weighted by molar-refractivity contribution is -0.138. The van der Waals surface area contributed by atoms with Crippen molar-refractivity contribution >= 4 is 5.78 Å². The van der Waals surface area contributed by atoms with Crippen molar-refractivity contribution in [3.05, 3.63) is 64.5 Å². The van der Waals surface area contributed by atoms with Crippen LogP contribution in [0.4, 0.5) is 26.3 Å². The first kappa shape index (κ1) is 15.9. The van der Waals surface area contributed by atoms with Crippen molar-refractivity contribution in [2.75, 3.05) is 0 Å². The highest BCUT2D eigenvalue weighted by atomic mass is 19.4. The van der Waals surface area contributed by atoms with Gasteiger partial charge in [-0.15, -0.1) is 0 Å². The molecule has 2 rings (SSSR count). The number of hydrogen-bond donors (Lipinski definition) is 1. The molecule has 0 aliphatic rings. The molecule has 0 saturated carbocycles. The zero-order valence-corrected chi connectivity index (χ0v) is 10.5. The van der Waals surface area contributed by atoms with Gasteiger partial charge in [0.25, 0.3) is 0 Å². The maximum absolute atomic E-state index is 13.5. The number of phenols is 1. The van der Waals surface area contributed by atoms with Gasteiger partial charge in [-0.05, 0) is 24.3 Å². The largest absolute Gasteiger partial charge is 0.507 e. The molecule has 0 aromatic heterocycles. The van der Waals surface area contributed by atoms with Gasteiger partial charge in [0.05, 0.1) is 16.7 Å². The van der Waals surface area contributed by atoms with E-state index in [1.807, 2.05) is 0 Å². The number of carbonyl (C=O) groups is 1. The molecule has 1 N–H and O–H groups in total. The lowest BCUT2D eigenvalue weighted by Gasteiger charge is -2.12. The number of ketones is 1. The van der Waals surface area contributed by atoms with Crippen LogP contribution in [0.15, 0.2) is 30.3 Å². The van der Waals surface area contributed by atoms with Crippen LogP contribution < -0.4 is 0 Å². The Morgan fingerprint density at radius 2 is 1.55 bits per heavy atom. The molecule has 0 heterocycles. The van der Waals surface area contributed by atoms with Crippen LogP contribution in [0, 0.1) is 17.5 Å². The zero-order valence-electron chi connectivity index (χ0n) is 10.5. The minimum atomic E-state index is -4.94. The van der Waals surface area contributed by atoms with Crippen LogP contribution in [0.5, 0.6) is 5.75 Å². The Kier molecular flexibility index (Phi) is 3.87. The fraction of sp³-hybridized carbons (Fsp3) is 0.0714. The van der Waals surface area contributed by atoms with Gasteiger partial charge in [0.1, 0.15) is 5.75 Å². The molecular weight excluding hydrogens is 314 g/mol. The molecule has 0 unspecified atom stereocenters. The minimum Gasteiger partial charge on any atom is -0.507 e. The second-order valence-corrected chi connectivity index (χ2v) is 4.25. The van der Waals surface area contributed by atoms with Crippen molar-refractivity contribution in [2.24, 2.45) is 0 Å². The Labute approximate surface area is 119 Å². The number of phenolic OH excluding ortho intramolecular Hbond substituents is 1. The van der Waals surface area contributed by atoms with Crippen molar-refractivity contribution in [1.82, 2.24) is 0 Å². The van der Waals surface area contributed by atoms with Gasteiger partial charge in [-0.1, -0.05) is 6.07 Å². The van der Waals surface area contributed by atoms with E-state index < -0.39 is 51.9 Å². The van der Waals surface area contributed by atoms with Crippen LogP contribution in [-0.2, 0) is 6.18 Å². The second kappa shape index (κ2) is 5.36. The molecule has 0 atom stereocenters. The average Bonchev–Trinajstić information content (AvgIpc) is 2.43. The Balaban J connectivity index is 2.59. The summed E-state index contributed by atoms with van der Waals surface area (Å²) in [4.78, 5) is 12.0. The van der Waals surface area contributed by atoms with Crippen LogP contribution in [0.25, 0.3) is 0 Å². The predicted molar refractivity (Wildman–Crippen MR) is 62.9 cm³/mol. The first-order chi connectivity index (χ1) is 10.1. The molecule has 0 radical (unpaired) electrons. The zero-order chi connectivity index (χ0) is 16.7. The van der Waals surface area contributed by atoms with Crippen LogP contribution in [-0.4, -0.2) is 10.9 Å². The molecule has 0 fully saturated rings. The fourth-order valence-corrected chi connectivity index (χ4v) is 1.80. The molecule has 8 heteroatoms. The van der Waals surface area contributed by atoms with E-state index in [1.54, 1.807) is 0 Å². The van der Waals surface area contributed by atoms with Crippen LogP contribution >= 0.6 is 0 Å². The van der Waals surface area contributed by atoms with Crippen LogP contribution in [0.2, 0.25) is 0 Å². The molecule has 0 aliphatic carbocycles. The highest BCUT2D eigenvalue weighted by Gasteiger charge is 2.36. The first-order valence-corrected chi connectivity index (χ1v) is 5.72. The van der Waals surface area contributed by atoms with Crippen LogP contribution in [0.1, 0.15) is 21.5 Å². The number of carbonyl (C=O) groups excluding carboxylic acids is 1. The van der Waals surface area contributed by atoms with Gasteiger partial charge < -0.3 is 5.11 Å². The van der Waals surface area contributed by atoms with Crippen molar-refractivity contribution in [1.29, 1.82) is 0 Å². The maximum Gasteiger partial charge on any atom is 0.419 e. The average molecular weight is 320 g/mol. The van der Waals surface area contributed by atoms with Gasteiger partial charge in [0.2, 0.25) is 0 Å². The molecule has 116 valence electrons. The lowest BCUT2D eigenvalue weighted by atomic mass is 9.99. The quantitative estimate of drug-likeness (QED) is 0.515. The summed E-state index contributed by atoms with van der Waals surface area (Å²) in [5, 5.41) is 9.54. The van der Waals surface area contributed by atoms with Crippen molar-refractivity contribution < 1.29 is 36.2 Å². The van der Waals surface area contributed by atoms with E-state index >= 15 is 0 Å². The van der Waals surface area contributed by atoms with Crippen molar-refractivity contribution in [2.45, 2.75) is 6.18 Å². The van der Waals surface area contributed by atoms with E-state index in [-0.39, 0.29) is 0 Å². The number of para-hydroxylation sites is 1. The summed E-state index contributed by atoms with van der Waals surface area (Å²) in [5.74, 6) is -8.15. The number of halogens is 6. The molecule has 2 nitrogen and oxygen atoms in total. The predicted octanol–water partition coefficient (Wildman–Crippen LogP) is 4.06. The molecule has 22 heavy (non-hydrogen) atoms. The lowest BCUT2D eigenvalue weighted by Crippen LogP contribution is -2.11. The van der Waals surface area contributed by atoms with E-state index in [9.17, 15) is 36.2 Å². The SMILES string of the molecule is O=C(c1cccc(C(F)(F)F)c1O)c1ccc(F)c(F)c1F. The Morgan fingerprint density at radius 1 is 0.909 bits per heavy atom. The normalized spacial score (nSPS) is 11.5. The number of hydrogen-bond acceptors (Lipinski definition) is 2. The number of benzene rings is 2. The summed E-state index contributed by atoms with van der Waals surface area (Å²) in [6.07, 6.45) is -4.94. The third kappa shape index (κ3) is 2.63. The van der Waals surface area contributed by atoms with Crippen molar-refractivity contribution in [3.63, 3.8) is 0 Å². The van der Waals surface area contributed by atoms with E-state index in [4.69, 9.17) is 0 Å². The van der Waals surface area contributed by atoms with Gasteiger partial charge in [-0.2, -0.15) is 13.2 Å². The molecule has 2 aromatic carbocycles. The fourth-order valence-electron chi connectivity index (χ4n) is 1.80. The van der Waals surface area contributed by atoms with E-state index in [0.717, 1.165) is 12.1 Å². The summed E-state index contributed by atoms with van der Waals surface area (Å²) in [7, 11) is 0. The molecular formula is C14H6F6O2. The smallest absolute Gasteiger partial charge is 0.419 e. The van der Waals surface area contributed by atoms with Crippen molar-refractivity contribution in [3.8, 4) is 5.75 Å². The summed E-state index contributed by atoms with van der Waals surface area (Å²) >= 11 is 0. The molecule has 0 saturated heterocycles. The van der Waals surface area contributed by atoms with Gasteiger partial charge in [0.15, 0.2) is 23.2 Å². The van der Waals surface area contributed by atoms with Gasteiger partial charge in [0, 0.05) is 0 Å². The monoisotopic (exact) mass is 320 g/mol. The summed E-state index contributed by atoms with van der Waals surface area (Å²) in [5.41, 5.74) is -3.37. The summed E-state index contributed by atoms with van der Waals surface area (Å²) < 4.78 is 77.3. The molecule has 2 aromatic rings. The highest BCUT2D eigenvalue weighted by molar-refractivity contribution is 6.11. The van der Waals surface area contributed by atoms with E-state index in [0.29, 0.717) is 18.2 Å². The Hall–Kier alpha value is -2.51. The molecule has 0 spiro atoms. The Morgan fingerprint density at radius 3 is 2.14 bits per heavy atom. The summed E-state index contributed by atoms with van der Waals surface area (Å²) in [6.45, 7) is 0. The maximum atomic E-state index is 13.5. The van der Waals surface area contributed by atoms with Crippen LogP contribution in [0.3, 0.4) is 0 Å². The topological polar surface area (TPSA) is 37.3 Å². The van der Waals surface area contributed by atoms with Gasteiger partial charge in [-0.3, -0.25) is 4.79 Å². The van der Waals surface area contributed by atoms with Gasteiger partial charge >= 0.3 is 6.18 Å². The molecule has 0 amide bonds. The van der Waals surface area contributed by atoms with Gasteiger partial charge in [-0.25, -0.2) is 13.2 Å². The molecule has 0 aliphatic heterocycles. The van der Waals surface area contributed by atoms with E-state index in [1.165, 1.54) is 0 Å². The summed E-state index contributed by atoms with van der Waals surface area (Å²) in [6, 6.07) is 3.20. The molecule has 0 bridgehead atoms. The second-order valence-electron chi connectivity index (χ2n) is 4.25. The standard InChI is InChI=1S/C14H6F6O2/c15-9-5-4-6(10(16)11(9)17)12(21)7-2-1-3-8(13(7)22)14(18,19)20/h1-5,22H. The van der Waals surface area contributed by atoms with E-state index in [2.05, 4.69) is 0 Å². The third-order valence-electron chi connectivity index (χ3n) is 2.87. The number of rotatable bonds is 2. The highest BCUT2D eigenvalue weighted by Crippen LogP contribution is 2.38. The number of alkyl halides is 3. The first-order valence-electron chi connectivity index (χ1n) is 5.72. The minimum absolute atomic E-state index is 0.455. The number of aromatic hydroxyl groups is 1.